The highest BCUT2D eigenvalue weighted by Gasteiger charge is 2.21. The molecule has 5 heteroatoms. The molecule has 0 aromatic carbocycles. The molecular formula is C14H24N2O3. The zero-order valence-corrected chi connectivity index (χ0v) is 11.7. The smallest absolute Gasteiger partial charge is 0.307 e. The third-order valence-corrected chi connectivity index (χ3v) is 3.41. The lowest BCUT2D eigenvalue weighted by Crippen LogP contribution is -2.44. The van der Waals surface area contributed by atoms with Gasteiger partial charge in [-0.3, -0.25) is 14.5 Å². The van der Waals surface area contributed by atoms with Gasteiger partial charge in [-0.2, -0.15) is 0 Å². The lowest BCUT2D eigenvalue weighted by atomic mass is 10.1. The zero-order valence-electron chi connectivity index (χ0n) is 11.7. The van der Waals surface area contributed by atoms with E-state index in [9.17, 15) is 9.59 Å². The molecule has 19 heavy (non-hydrogen) atoms. The fourth-order valence-corrected chi connectivity index (χ4v) is 2.29. The van der Waals surface area contributed by atoms with E-state index in [4.69, 9.17) is 5.11 Å². The maximum Gasteiger partial charge on any atom is 0.307 e. The largest absolute Gasteiger partial charge is 0.481 e. The van der Waals surface area contributed by atoms with Crippen LogP contribution in [-0.4, -0.2) is 59.5 Å². The van der Waals surface area contributed by atoms with E-state index in [1.165, 1.54) is 6.42 Å². The number of carbonyl (C=O) groups is 2. The van der Waals surface area contributed by atoms with Gasteiger partial charge >= 0.3 is 5.97 Å². The van der Waals surface area contributed by atoms with Crippen molar-refractivity contribution in [2.75, 3.05) is 32.7 Å². The van der Waals surface area contributed by atoms with E-state index in [0.717, 1.165) is 25.9 Å². The van der Waals surface area contributed by atoms with E-state index >= 15 is 0 Å². The molecule has 1 saturated heterocycles. The quantitative estimate of drug-likeness (QED) is 0.705. The highest BCUT2D eigenvalue weighted by molar-refractivity contribution is 5.78. The lowest BCUT2D eigenvalue weighted by Gasteiger charge is -2.30. The Labute approximate surface area is 114 Å². The summed E-state index contributed by atoms with van der Waals surface area (Å²) in [6.07, 6.45) is 5.03. The molecule has 1 aliphatic rings. The van der Waals surface area contributed by atoms with E-state index in [1.54, 1.807) is 13.0 Å². The van der Waals surface area contributed by atoms with Crippen molar-refractivity contribution in [2.45, 2.75) is 26.2 Å². The van der Waals surface area contributed by atoms with Crippen molar-refractivity contribution in [2.24, 2.45) is 5.92 Å². The Morgan fingerprint density at radius 2 is 2.00 bits per heavy atom. The summed E-state index contributed by atoms with van der Waals surface area (Å²) >= 11 is 0. The number of carboxylic acid groups (broad SMARTS) is 1. The summed E-state index contributed by atoms with van der Waals surface area (Å²) < 4.78 is 0. The van der Waals surface area contributed by atoms with Gasteiger partial charge < -0.3 is 10.0 Å². The van der Waals surface area contributed by atoms with Crippen molar-refractivity contribution >= 4 is 11.9 Å². The molecule has 0 spiro atoms. The molecule has 0 aromatic heterocycles. The number of nitrogens with zero attached hydrogens (tertiary/aromatic N) is 2. The second kappa shape index (κ2) is 7.94. The van der Waals surface area contributed by atoms with Gasteiger partial charge in [0.25, 0.3) is 0 Å². The molecule has 0 aromatic rings. The summed E-state index contributed by atoms with van der Waals surface area (Å²) in [6, 6.07) is 0. The minimum absolute atomic E-state index is 0.0964. The van der Waals surface area contributed by atoms with E-state index in [2.05, 4.69) is 6.58 Å². The van der Waals surface area contributed by atoms with Crippen LogP contribution in [0.25, 0.3) is 0 Å². The van der Waals surface area contributed by atoms with Crippen molar-refractivity contribution in [1.82, 2.24) is 9.80 Å². The number of likely N-dealkylation sites (tertiary alicyclic amines) is 1. The maximum absolute atomic E-state index is 12.1. The van der Waals surface area contributed by atoms with Crippen LogP contribution in [0.5, 0.6) is 0 Å². The van der Waals surface area contributed by atoms with Gasteiger partial charge in [-0.1, -0.05) is 13.0 Å². The van der Waals surface area contributed by atoms with E-state index in [1.807, 2.05) is 9.80 Å². The van der Waals surface area contributed by atoms with Gasteiger partial charge in [0.15, 0.2) is 0 Å². The molecular weight excluding hydrogens is 244 g/mol. The summed E-state index contributed by atoms with van der Waals surface area (Å²) in [5, 5.41) is 8.93. The number of piperidine rings is 1. The Bertz CT molecular complexity index is 325. The van der Waals surface area contributed by atoms with E-state index < -0.39 is 11.9 Å². The average molecular weight is 268 g/mol. The van der Waals surface area contributed by atoms with Crippen LogP contribution in [0.4, 0.5) is 0 Å². The predicted octanol–water partition coefficient (Wildman–Crippen LogP) is 1.21. The van der Waals surface area contributed by atoms with Crippen molar-refractivity contribution in [1.29, 1.82) is 0 Å². The van der Waals surface area contributed by atoms with Crippen molar-refractivity contribution in [3.63, 3.8) is 0 Å². The van der Waals surface area contributed by atoms with Crippen molar-refractivity contribution in [3.05, 3.63) is 12.7 Å². The van der Waals surface area contributed by atoms with Gasteiger partial charge in [0, 0.05) is 26.2 Å². The van der Waals surface area contributed by atoms with Crippen LogP contribution in [0.3, 0.4) is 0 Å². The second-order valence-corrected chi connectivity index (χ2v) is 5.16. The fourth-order valence-electron chi connectivity index (χ4n) is 2.29. The second-order valence-electron chi connectivity index (χ2n) is 5.16. The van der Waals surface area contributed by atoms with E-state index in [0.29, 0.717) is 13.1 Å². The van der Waals surface area contributed by atoms with Crippen molar-refractivity contribution < 1.29 is 14.7 Å². The summed E-state index contributed by atoms with van der Waals surface area (Å²) in [7, 11) is 0. The first-order valence-electron chi connectivity index (χ1n) is 6.88. The van der Waals surface area contributed by atoms with Gasteiger partial charge in [-0.15, -0.1) is 6.58 Å². The average Bonchev–Trinajstić information content (AvgIpc) is 2.39. The maximum atomic E-state index is 12.1. The lowest BCUT2D eigenvalue weighted by molar-refractivity contribution is -0.142. The first-order chi connectivity index (χ1) is 9.04. The summed E-state index contributed by atoms with van der Waals surface area (Å²) in [4.78, 5) is 26.7. The predicted molar refractivity (Wildman–Crippen MR) is 73.9 cm³/mol. The number of rotatable bonds is 7. The standard InChI is InChI=1S/C14H24N2O3/c1-3-7-15(10-12(2)14(18)19)11-13(17)16-8-5-4-6-9-16/h3,12H,1,4-11H2,2H3,(H,18,19). The van der Waals surface area contributed by atoms with Crippen LogP contribution in [-0.2, 0) is 9.59 Å². The summed E-state index contributed by atoms with van der Waals surface area (Å²) in [6.45, 7) is 8.17. The van der Waals surface area contributed by atoms with Crippen LogP contribution in [0.15, 0.2) is 12.7 Å². The van der Waals surface area contributed by atoms with E-state index in [-0.39, 0.29) is 12.5 Å². The molecule has 0 saturated carbocycles. The first kappa shape index (κ1) is 15.7. The number of hydrogen-bond acceptors (Lipinski definition) is 3. The molecule has 108 valence electrons. The Balaban J connectivity index is 2.49. The third kappa shape index (κ3) is 5.42. The highest BCUT2D eigenvalue weighted by atomic mass is 16.4. The molecule has 5 nitrogen and oxygen atoms in total. The highest BCUT2D eigenvalue weighted by Crippen LogP contribution is 2.10. The molecule has 1 aliphatic heterocycles. The van der Waals surface area contributed by atoms with Gasteiger partial charge in [-0.25, -0.2) is 0 Å². The molecule has 1 N–H and O–H groups in total. The molecule has 1 atom stereocenters. The minimum atomic E-state index is -0.834. The number of hydrogen-bond donors (Lipinski definition) is 1. The topological polar surface area (TPSA) is 60.9 Å². The number of carboxylic acids is 1. The third-order valence-electron chi connectivity index (χ3n) is 3.41. The Kier molecular flexibility index (Phi) is 6.56. The number of aliphatic carboxylic acids is 1. The van der Waals surface area contributed by atoms with Crippen LogP contribution in [0.1, 0.15) is 26.2 Å². The molecule has 1 rings (SSSR count). The van der Waals surface area contributed by atoms with Gasteiger partial charge in [0.05, 0.1) is 12.5 Å². The SMILES string of the molecule is C=CCN(CC(=O)N1CCCCC1)CC(C)C(=O)O. The molecule has 1 amide bonds. The Hall–Kier alpha value is -1.36. The monoisotopic (exact) mass is 268 g/mol. The molecule has 1 unspecified atom stereocenters. The van der Waals surface area contributed by atoms with Crippen LogP contribution in [0, 0.1) is 5.92 Å². The number of amides is 1. The molecule has 0 bridgehead atoms. The molecule has 1 fully saturated rings. The number of carbonyl (C=O) groups excluding carboxylic acids is 1. The Morgan fingerprint density at radius 3 is 2.53 bits per heavy atom. The van der Waals surface area contributed by atoms with Crippen LogP contribution >= 0.6 is 0 Å². The van der Waals surface area contributed by atoms with Crippen LogP contribution in [0.2, 0.25) is 0 Å². The minimum Gasteiger partial charge on any atom is -0.481 e. The van der Waals surface area contributed by atoms with Gasteiger partial charge in [-0.05, 0) is 19.3 Å². The van der Waals surface area contributed by atoms with Gasteiger partial charge in [0.1, 0.15) is 0 Å². The van der Waals surface area contributed by atoms with Gasteiger partial charge in [0.2, 0.25) is 5.91 Å². The molecule has 1 heterocycles. The zero-order chi connectivity index (χ0) is 14.3. The summed E-state index contributed by atoms with van der Waals surface area (Å²) in [5.74, 6) is -1.22. The normalized spacial score (nSPS) is 17.3. The van der Waals surface area contributed by atoms with Crippen LogP contribution < -0.4 is 0 Å². The first-order valence-corrected chi connectivity index (χ1v) is 6.88. The fraction of sp³-hybridized carbons (Fsp3) is 0.714. The summed E-state index contributed by atoms with van der Waals surface area (Å²) in [5.41, 5.74) is 0. The Morgan fingerprint density at radius 1 is 1.37 bits per heavy atom. The molecule has 0 radical (unpaired) electrons. The molecule has 0 aliphatic carbocycles. The van der Waals surface area contributed by atoms with Crippen molar-refractivity contribution in [3.8, 4) is 0 Å².